The van der Waals surface area contributed by atoms with Gasteiger partial charge in [-0.15, -0.1) is 12.4 Å². The van der Waals surface area contributed by atoms with Crippen LogP contribution in [0.1, 0.15) is 12.5 Å². The van der Waals surface area contributed by atoms with Crippen molar-refractivity contribution in [3.05, 3.63) is 29.8 Å². The molecule has 0 spiro atoms. The van der Waals surface area contributed by atoms with E-state index in [2.05, 4.69) is 5.32 Å². The molecule has 88 valence electrons. The topological polar surface area (TPSA) is 81.1 Å². The summed E-state index contributed by atoms with van der Waals surface area (Å²) in [6, 6.07) is 5.16. The van der Waals surface area contributed by atoms with Gasteiger partial charge in [-0.2, -0.15) is 0 Å². The number of nitrogen functional groups attached to an aromatic ring is 2. The van der Waals surface area contributed by atoms with Crippen molar-refractivity contribution in [3.63, 3.8) is 0 Å². The number of amides is 1. The molecule has 0 saturated heterocycles. The minimum atomic E-state index is -0.140. The molecule has 1 aromatic rings. The Kier molecular flexibility index (Phi) is 6.03. The molecule has 16 heavy (non-hydrogen) atoms. The summed E-state index contributed by atoms with van der Waals surface area (Å²) in [6.07, 6.45) is 3.09. The minimum absolute atomic E-state index is 0. The summed E-state index contributed by atoms with van der Waals surface area (Å²) in [7, 11) is 0. The van der Waals surface area contributed by atoms with Crippen molar-refractivity contribution in [1.29, 1.82) is 0 Å². The average Bonchev–Trinajstić information content (AvgIpc) is 2.20. The summed E-state index contributed by atoms with van der Waals surface area (Å²) in [4.78, 5) is 11.1. The molecule has 0 bridgehead atoms. The van der Waals surface area contributed by atoms with E-state index in [-0.39, 0.29) is 18.3 Å². The predicted octanol–water partition coefficient (Wildman–Crippen LogP) is 1.42. The van der Waals surface area contributed by atoms with Crippen LogP contribution in [0.4, 0.5) is 11.4 Å². The lowest BCUT2D eigenvalue weighted by atomic mass is 10.1. The Morgan fingerprint density at radius 3 is 2.75 bits per heavy atom. The summed E-state index contributed by atoms with van der Waals surface area (Å²) in [5.74, 6) is -0.140. The number of carbonyl (C=O) groups is 1. The van der Waals surface area contributed by atoms with E-state index in [0.717, 1.165) is 5.56 Å². The molecule has 0 aromatic heterocycles. The molecule has 5 heteroatoms. The van der Waals surface area contributed by atoms with Gasteiger partial charge in [0.15, 0.2) is 0 Å². The van der Waals surface area contributed by atoms with Crippen molar-refractivity contribution >= 4 is 35.8 Å². The number of hydrogen-bond acceptors (Lipinski definition) is 3. The first-order chi connectivity index (χ1) is 7.13. The van der Waals surface area contributed by atoms with E-state index in [0.29, 0.717) is 17.9 Å². The second-order valence-electron chi connectivity index (χ2n) is 3.12. The Bertz CT molecular complexity index is 391. The fourth-order valence-corrected chi connectivity index (χ4v) is 1.14. The van der Waals surface area contributed by atoms with Gasteiger partial charge in [-0.05, 0) is 36.8 Å². The molecule has 1 aromatic carbocycles. The average molecular weight is 242 g/mol. The maximum absolute atomic E-state index is 11.1. The molecule has 4 nitrogen and oxygen atoms in total. The summed E-state index contributed by atoms with van der Waals surface area (Å²) >= 11 is 0. The highest BCUT2D eigenvalue weighted by Gasteiger charge is 1.97. The van der Waals surface area contributed by atoms with Crippen LogP contribution in [-0.4, -0.2) is 12.5 Å². The smallest absolute Gasteiger partial charge is 0.243 e. The first-order valence-corrected chi connectivity index (χ1v) is 4.74. The zero-order chi connectivity index (χ0) is 11.3. The highest BCUT2D eigenvalue weighted by molar-refractivity contribution is 5.92. The van der Waals surface area contributed by atoms with E-state index in [4.69, 9.17) is 11.5 Å². The first-order valence-electron chi connectivity index (χ1n) is 4.74. The first kappa shape index (κ1) is 14.3. The van der Waals surface area contributed by atoms with Crippen LogP contribution in [0.15, 0.2) is 24.3 Å². The maximum Gasteiger partial charge on any atom is 0.243 e. The Labute approximate surface area is 101 Å². The molecule has 0 aliphatic rings. The molecule has 0 atom stereocenters. The fraction of sp³-hybridized carbons (Fsp3) is 0.182. The number of rotatable bonds is 3. The molecule has 0 unspecified atom stereocenters. The molecule has 1 amide bonds. The van der Waals surface area contributed by atoms with Crippen molar-refractivity contribution in [2.45, 2.75) is 6.92 Å². The number of carbonyl (C=O) groups excluding carboxylic acids is 1. The van der Waals surface area contributed by atoms with Gasteiger partial charge in [0.1, 0.15) is 0 Å². The van der Waals surface area contributed by atoms with Crippen molar-refractivity contribution in [2.24, 2.45) is 0 Å². The third kappa shape index (κ3) is 4.23. The van der Waals surface area contributed by atoms with Gasteiger partial charge in [0.2, 0.25) is 5.91 Å². The Balaban J connectivity index is 0.00000225. The molecule has 0 aliphatic carbocycles. The van der Waals surface area contributed by atoms with Gasteiger partial charge >= 0.3 is 0 Å². The van der Waals surface area contributed by atoms with Crippen molar-refractivity contribution < 1.29 is 4.79 Å². The number of likely N-dealkylation sites (N-methyl/N-ethyl adjacent to an activating group) is 1. The molecular weight excluding hydrogens is 226 g/mol. The van der Waals surface area contributed by atoms with Crippen LogP contribution in [0.3, 0.4) is 0 Å². The lowest BCUT2D eigenvalue weighted by Crippen LogP contribution is -2.19. The van der Waals surface area contributed by atoms with E-state index in [9.17, 15) is 4.79 Å². The molecule has 0 aliphatic heterocycles. The van der Waals surface area contributed by atoms with Crippen LogP contribution in [0.25, 0.3) is 6.08 Å². The van der Waals surface area contributed by atoms with E-state index in [1.165, 1.54) is 6.08 Å². The Morgan fingerprint density at radius 2 is 2.12 bits per heavy atom. The van der Waals surface area contributed by atoms with E-state index < -0.39 is 0 Å². The second kappa shape index (κ2) is 6.74. The highest BCUT2D eigenvalue weighted by Crippen LogP contribution is 2.16. The number of hydrogen-bond donors (Lipinski definition) is 3. The van der Waals surface area contributed by atoms with Crippen LogP contribution < -0.4 is 16.8 Å². The number of nitrogens with one attached hydrogen (secondary N) is 1. The van der Waals surface area contributed by atoms with E-state index >= 15 is 0 Å². The lowest BCUT2D eigenvalue weighted by molar-refractivity contribution is -0.116. The Hall–Kier alpha value is -1.68. The molecule has 1 rings (SSSR count). The van der Waals surface area contributed by atoms with Gasteiger partial charge in [-0.3, -0.25) is 4.79 Å². The number of anilines is 2. The molecule has 0 heterocycles. The zero-order valence-electron chi connectivity index (χ0n) is 9.07. The predicted molar refractivity (Wildman–Crippen MR) is 70.2 cm³/mol. The van der Waals surface area contributed by atoms with Crippen LogP contribution >= 0.6 is 12.4 Å². The van der Waals surface area contributed by atoms with E-state index in [1.54, 1.807) is 24.3 Å². The van der Waals surface area contributed by atoms with Gasteiger partial charge in [0.05, 0.1) is 0 Å². The van der Waals surface area contributed by atoms with Crippen molar-refractivity contribution in [2.75, 3.05) is 18.0 Å². The van der Waals surface area contributed by atoms with Crippen LogP contribution in [0.5, 0.6) is 0 Å². The Morgan fingerprint density at radius 1 is 1.44 bits per heavy atom. The third-order valence-corrected chi connectivity index (χ3v) is 1.88. The van der Waals surface area contributed by atoms with Gasteiger partial charge in [-0.1, -0.05) is 0 Å². The van der Waals surface area contributed by atoms with Gasteiger partial charge in [-0.25, -0.2) is 0 Å². The number of nitrogens with two attached hydrogens (primary N) is 2. The standard InChI is InChI=1S/C11H15N3O.ClH/c1-2-14-11(15)6-3-8-7-9(12)4-5-10(8)13;/h3-7H,2,12-13H2,1H3,(H,14,15);1H/b6-3+;. The summed E-state index contributed by atoms with van der Waals surface area (Å²) in [5.41, 5.74) is 13.3. The van der Waals surface area contributed by atoms with Gasteiger partial charge < -0.3 is 16.8 Å². The van der Waals surface area contributed by atoms with Crippen LogP contribution in [0.2, 0.25) is 0 Å². The lowest BCUT2D eigenvalue weighted by Gasteiger charge is -2.01. The summed E-state index contributed by atoms with van der Waals surface area (Å²) in [5, 5.41) is 2.65. The fourth-order valence-electron chi connectivity index (χ4n) is 1.14. The third-order valence-electron chi connectivity index (χ3n) is 1.88. The quantitative estimate of drug-likeness (QED) is 0.553. The number of halogens is 1. The zero-order valence-corrected chi connectivity index (χ0v) is 9.88. The van der Waals surface area contributed by atoms with Crippen LogP contribution in [0, 0.1) is 0 Å². The van der Waals surface area contributed by atoms with E-state index in [1.807, 2.05) is 6.92 Å². The number of benzene rings is 1. The second-order valence-corrected chi connectivity index (χ2v) is 3.12. The summed E-state index contributed by atoms with van der Waals surface area (Å²) < 4.78 is 0. The minimum Gasteiger partial charge on any atom is -0.399 e. The normalized spacial score (nSPS) is 9.81. The summed E-state index contributed by atoms with van der Waals surface area (Å²) in [6.45, 7) is 2.47. The van der Waals surface area contributed by atoms with Crippen molar-refractivity contribution in [1.82, 2.24) is 5.32 Å². The molecule has 0 radical (unpaired) electrons. The maximum atomic E-state index is 11.1. The molecular formula is C11H16ClN3O. The van der Waals surface area contributed by atoms with Crippen LogP contribution in [-0.2, 0) is 4.79 Å². The highest BCUT2D eigenvalue weighted by atomic mass is 35.5. The van der Waals surface area contributed by atoms with Crippen molar-refractivity contribution in [3.8, 4) is 0 Å². The SMILES string of the molecule is CCNC(=O)/C=C/c1cc(N)ccc1N.Cl. The largest absolute Gasteiger partial charge is 0.399 e. The molecule has 5 N–H and O–H groups in total. The van der Waals surface area contributed by atoms with Gasteiger partial charge in [0.25, 0.3) is 0 Å². The molecule has 0 fully saturated rings. The van der Waals surface area contributed by atoms with Gasteiger partial charge in [0, 0.05) is 24.0 Å². The molecule has 0 saturated carbocycles. The monoisotopic (exact) mass is 241 g/mol.